The molecule has 1 aromatic rings. The Morgan fingerprint density at radius 3 is 2.81 bits per heavy atom. The lowest BCUT2D eigenvalue weighted by atomic mass is 10.1. The van der Waals surface area contributed by atoms with Gasteiger partial charge in [0.1, 0.15) is 0 Å². The predicted molar refractivity (Wildman–Crippen MR) is 73.2 cm³/mol. The zero-order chi connectivity index (χ0) is 11.4. The van der Waals surface area contributed by atoms with E-state index >= 15 is 0 Å². The van der Waals surface area contributed by atoms with Crippen LogP contribution in [0.4, 0.5) is 0 Å². The third-order valence-corrected chi connectivity index (χ3v) is 3.64. The van der Waals surface area contributed by atoms with Crippen molar-refractivity contribution in [1.29, 1.82) is 0 Å². The number of morpholine rings is 1. The molecule has 0 aromatic heterocycles. The van der Waals surface area contributed by atoms with Crippen LogP contribution in [0.1, 0.15) is 5.56 Å². The van der Waals surface area contributed by atoms with E-state index in [0.717, 1.165) is 26.3 Å². The first-order chi connectivity index (χ1) is 7.79. The summed E-state index contributed by atoms with van der Waals surface area (Å²) >= 11 is 2.33. The molecule has 0 bridgehead atoms. The van der Waals surface area contributed by atoms with Gasteiger partial charge in [-0.1, -0.05) is 12.1 Å². The maximum Gasteiger partial charge on any atom is 0.0634 e. The molecule has 88 valence electrons. The summed E-state index contributed by atoms with van der Waals surface area (Å²) in [4.78, 5) is 2.41. The summed E-state index contributed by atoms with van der Waals surface area (Å²) in [5, 5.41) is 0. The van der Waals surface area contributed by atoms with Crippen molar-refractivity contribution >= 4 is 22.6 Å². The molecule has 1 aromatic carbocycles. The molecular formula is C12H17IN2O. The van der Waals surface area contributed by atoms with E-state index in [4.69, 9.17) is 10.5 Å². The van der Waals surface area contributed by atoms with E-state index in [1.54, 1.807) is 0 Å². The van der Waals surface area contributed by atoms with E-state index in [0.29, 0.717) is 12.6 Å². The third kappa shape index (κ3) is 3.16. The van der Waals surface area contributed by atoms with E-state index in [2.05, 4.69) is 51.8 Å². The van der Waals surface area contributed by atoms with Gasteiger partial charge >= 0.3 is 0 Å². The van der Waals surface area contributed by atoms with Crippen LogP contribution in [0.15, 0.2) is 24.3 Å². The van der Waals surface area contributed by atoms with Gasteiger partial charge in [-0.3, -0.25) is 4.90 Å². The maximum absolute atomic E-state index is 5.75. The summed E-state index contributed by atoms with van der Waals surface area (Å²) in [5.41, 5.74) is 7.10. The Morgan fingerprint density at radius 1 is 1.38 bits per heavy atom. The molecule has 2 rings (SSSR count). The minimum atomic E-state index is 0.369. The topological polar surface area (TPSA) is 38.5 Å². The smallest absolute Gasteiger partial charge is 0.0634 e. The highest BCUT2D eigenvalue weighted by Gasteiger charge is 2.21. The zero-order valence-corrected chi connectivity index (χ0v) is 11.4. The van der Waals surface area contributed by atoms with Crippen LogP contribution >= 0.6 is 22.6 Å². The first-order valence-corrected chi connectivity index (χ1v) is 6.64. The van der Waals surface area contributed by atoms with Gasteiger partial charge in [-0.25, -0.2) is 0 Å². The Balaban J connectivity index is 1.99. The molecule has 3 nitrogen and oxygen atoms in total. The zero-order valence-electron chi connectivity index (χ0n) is 9.23. The van der Waals surface area contributed by atoms with Gasteiger partial charge in [-0.15, -0.1) is 0 Å². The van der Waals surface area contributed by atoms with Gasteiger partial charge in [-0.2, -0.15) is 0 Å². The Kier molecular flexibility index (Phi) is 4.57. The fraction of sp³-hybridized carbons (Fsp3) is 0.500. The molecule has 0 amide bonds. The third-order valence-electron chi connectivity index (χ3n) is 2.92. The summed E-state index contributed by atoms with van der Waals surface area (Å²) in [7, 11) is 0. The Labute approximate surface area is 110 Å². The quantitative estimate of drug-likeness (QED) is 0.852. The van der Waals surface area contributed by atoms with Gasteiger partial charge in [0.2, 0.25) is 0 Å². The molecule has 1 unspecified atom stereocenters. The highest BCUT2D eigenvalue weighted by molar-refractivity contribution is 14.1. The SMILES string of the molecule is NCC1COCCN1Cc1ccc(I)cc1. The van der Waals surface area contributed by atoms with Crippen molar-refractivity contribution < 1.29 is 4.74 Å². The summed E-state index contributed by atoms with van der Waals surface area (Å²) in [5.74, 6) is 0. The summed E-state index contributed by atoms with van der Waals surface area (Å²) in [6.45, 7) is 4.21. The first-order valence-electron chi connectivity index (χ1n) is 5.56. The standard InChI is InChI=1S/C12H17IN2O/c13-11-3-1-10(2-4-11)8-15-5-6-16-9-12(15)7-14/h1-4,12H,5-9,14H2. The Bertz CT molecular complexity index is 328. The van der Waals surface area contributed by atoms with E-state index in [1.807, 2.05) is 0 Å². The normalized spacial score (nSPS) is 22.2. The maximum atomic E-state index is 5.75. The molecule has 1 saturated heterocycles. The average molecular weight is 332 g/mol. The lowest BCUT2D eigenvalue weighted by Crippen LogP contribution is -2.48. The lowest BCUT2D eigenvalue weighted by molar-refractivity contribution is -0.00792. The molecule has 0 spiro atoms. The number of benzene rings is 1. The molecule has 1 heterocycles. The van der Waals surface area contributed by atoms with Gasteiger partial charge in [0, 0.05) is 29.2 Å². The van der Waals surface area contributed by atoms with Crippen molar-refractivity contribution in [3.8, 4) is 0 Å². The molecule has 1 aliphatic heterocycles. The largest absolute Gasteiger partial charge is 0.378 e. The molecule has 1 atom stereocenters. The fourth-order valence-electron chi connectivity index (χ4n) is 1.94. The molecule has 1 aliphatic rings. The van der Waals surface area contributed by atoms with E-state index in [1.165, 1.54) is 9.13 Å². The number of ether oxygens (including phenoxy) is 1. The number of rotatable bonds is 3. The van der Waals surface area contributed by atoms with Crippen LogP contribution in [0.2, 0.25) is 0 Å². The van der Waals surface area contributed by atoms with Crippen LogP contribution in [-0.2, 0) is 11.3 Å². The summed E-state index contributed by atoms with van der Waals surface area (Å²) < 4.78 is 6.71. The van der Waals surface area contributed by atoms with Crippen molar-refractivity contribution in [2.75, 3.05) is 26.3 Å². The second-order valence-corrected chi connectivity index (χ2v) is 5.31. The van der Waals surface area contributed by atoms with Crippen LogP contribution < -0.4 is 5.73 Å². The van der Waals surface area contributed by atoms with Gasteiger partial charge in [0.05, 0.1) is 13.2 Å². The average Bonchev–Trinajstić information content (AvgIpc) is 2.33. The lowest BCUT2D eigenvalue weighted by Gasteiger charge is -2.34. The van der Waals surface area contributed by atoms with Crippen molar-refractivity contribution in [2.45, 2.75) is 12.6 Å². The summed E-state index contributed by atoms with van der Waals surface area (Å²) in [6, 6.07) is 9.03. The van der Waals surface area contributed by atoms with Crippen LogP contribution in [0.25, 0.3) is 0 Å². The molecule has 0 radical (unpaired) electrons. The minimum absolute atomic E-state index is 0.369. The summed E-state index contributed by atoms with van der Waals surface area (Å²) in [6.07, 6.45) is 0. The Morgan fingerprint density at radius 2 is 2.12 bits per heavy atom. The number of nitrogens with zero attached hydrogens (tertiary/aromatic N) is 1. The molecule has 1 fully saturated rings. The molecule has 0 aliphatic carbocycles. The molecule has 16 heavy (non-hydrogen) atoms. The highest BCUT2D eigenvalue weighted by atomic mass is 127. The van der Waals surface area contributed by atoms with Gasteiger partial charge in [0.15, 0.2) is 0 Å². The van der Waals surface area contributed by atoms with Crippen molar-refractivity contribution in [1.82, 2.24) is 4.90 Å². The molecule has 4 heteroatoms. The van der Waals surface area contributed by atoms with Gasteiger partial charge in [-0.05, 0) is 40.3 Å². The van der Waals surface area contributed by atoms with Crippen LogP contribution in [0.3, 0.4) is 0 Å². The number of nitrogens with two attached hydrogens (primary N) is 1. The fourth-order valence-corrected chi connectivity index (χ4v) is 2.30. The van der Waals surface area contributed by atoms with E-state index in [-0.39, 0.29) is 0 Å². The van der Waals surface area contributed by atoms with E-state index < -0.39 is 0 Å². The van der Waals surface area contributed by atoms with Gasteiger partial charge in [0.25, 0.3) is 0 Å². The monoisotopic (exact) mass is 332 g/mol. The minimum Gasteiger partial charge on any atom is -0.378 e. The highest BCUT2D eigenvalue weighted by Crippen LogP contribution is 2.13. The first kappa shape index (κ1) is 12.3. The number of hydrogen-bond acceptors (Lipinski definition) is 3. The Hall–Kier alpha value is -0.170. The van der Waals surface area contributed by atoms with Crippen LogP contribution in [-0.4, -0.2) is 37.2 Å². The molecule has 0 saturated carbocycles. The molecule has 2 N–H and O–H groups in total. The van der Waals surface area contributed by atoms with Crippen molar-refractivity contribution in [2.24, 2.45) is 5.73 Å². The second kappa shape index (κ2) is 5.95. The van der Waals surface area contributed by atoms with Crippen molar-refractivity contribution in [3.05, 3.63) is 33.4 Å². The van der Waals surface area contributed by atoms with Gasteiger partial charge < -0.3 is 10.5 Å². The van der Waals surface area contributed by atoms with Crippen molar-refractivity contribution in [3.63, 3.8) is 0 Å². The second-order valence-electron chi connectivity index (χ2n) is 4.06. The molecular weight excluding hydrogens is 315 g/mol. The van der Waals surface area contributed by atoms with Crippen LogP contribution in [0, 0.1) is 3.57 Å². The predicted octanol–water partition coefficient (Wildman–Crippen LogP) is 1.45. The van der Waals surface area contributed by atoms with Crippen LogP contribution in [0.5, 0.6) is 0 Å². The number of hydrogen-bond donors (Lipinski definition) is 1. The van der Waals surface area contributed by atoms with E-state index in [9.17, 15) is 0 Å². The number of halogens is 1.